The monoisotopic (exact) mass is 202 g/mol. The van der Waals surface area contributed by atoms with Gasteiger partial charge in [-0.1, -0.05) is 31.4 Å². The smallest absolute Gasteiger partial charge is 0.380 e. The van der Waals surface area contributed by atoms with Gasteiger partial charge in [0.05, 0.1) is 13.2 Å². The topological polar surface area (TPSA) is 9.23 Å². The number of ether oxygens (including phenoxy) is 1. The standard InChI is InChI=1S/C11H15O.K/c1-4-7-10(5-2)11(6-3)8-12-9-11;/h4-5,7H,1-3,6,8-9H2;/q-1;+1/b10-7+;. The molecule has 1 rings (SSSR count). The van der Waals surface area contributed by atoms with Crippen molar-refractivity contribution in [3.05, 3.63) is 43.9 Å². The van der Waals surface area contributed by atoms with Crippen molar-refractivity contribution in [2.24, 2.45) is 5.41 Å². The van der Waals surface area contributed by atoms with Crippen LogP contribution < -0.4 is 51.4 Å². The second kappa shape index (κ2) is 6.33. The molecule has 0 radical (unpaired) electrons. The zero-order valence-corrected chi connectivity index (χ0v) is 11.5. The van der Waals surface area contributed by atoms with Gasteiger partial charge in [-0.05, 0) is 5.57 Å². The van der Waals surface area contributed by atoms with Crippen molar-refractivity contribution in [2.75, 3.05) is 13.2 Å². The van der Waals surface area contributed by atoms with Crippen molar-refractivity contribution < 1.29 is 56.1 Å². The molecule has 0 aliphatic carbocycles. The maximum atomic E-state index is 5.20. The van der Waals surface area contributed by atoms with E-state index in [4.69, 9.17) is 4.74 Å². The average Bonchev–Trinajstić information content (AvgIpc) is 2.02. The summed E-state index contributed by atoms with van der Waals surface area (Å²) in [5, 5.41) is 0. The molecule has 1 aliphatic heterocycles. The third kappa shape index (κ3) is 2.88. The van der Waals surface area contributed by atoms with E-state index in [0.717, 1.165) is 19.6 Å². The molecule has 0 aromatic heterocycles. The van der Waals surface area contributed by atoms with E-state index in [1.54, 1.807) is 6.08 Å². The van der Waals surface area contributed by atoms with Crippen LogP contribution in [-0.4, -0.2) is 13.2 Å². The van der Waals surface area contributed by atoms with E-state index in [1.165, 1.54) is 5.57 Å². The summed E-state index contributed by atoms with van der Waals surface area (Å²) in [5.41, 5.74) is 1.31. The Morgan fingerprint density at radius 1 is 1.46 bits per heavy atom. The molecule has 0 N–H and O–H groups in total. The van der Waals surface area contributed by atoms with E-state index in [2.05, 4.69) is 20.1 Å². The van der Waals surface area contributed by atoms with Crippen molar-refractivity contribution in [3.63, 3.8) is 0 Å². The zero-order valence-electron chi connectivity index (χ0n) is 8.38. The van der Waals surface area contributed by atoms with Gasteiger partial charge >= 0.3 is 51.4 Å². The molecule has 1 saturated heterocycles. The fourth-order valence-corrected chi connectivity index (χ4v) is 1.39. The van der Waals surface area contributed by atoms with Gasteiger partial charge in [0.25, 0.3) is 0 Å². The first kappa shape index (κ1) is 13.8. The van der Waals surface area contributed by atoms with Crippen molar-refractivity contribution in [1.82, 2.24) is 0 Å². The molecule has 0 aromatic rings. The molecule has 13 heavy (non-hydrogen) atoms. The maximum absolute atomic E-state index is 5.20. The van der Waals surface area contributed by atoms with Crippen LogP contribution in [0.4, 0.5) is 0 Å². The van der Waals surface area contributed by atoms with Crippen LogP contribution >= 0.6 is 0 Å². The fraction of sp³-hybridized carbons (Fsp3) is 0.364. The van der Waals surface area contributed by atoms with Gasteiger partial charge in [0, 0.05) is 5.41 Å². The summed E-state index contributed by atoms with van der Waals surface area (Å²) in [6.07, 6.45) is 6.50. The first-order valence-corrected chi connectivity index (χ1v) is 4.12. The molecule has 0 atom stereocenters. The molecule has 1 aliphatic rings. The molecule has 0 bridgehead atoms. The molecular formula is C11H15KO. The van der Waals surface area contributed by atoms with Crippen LogP contribution in [0.2, 0.25) is 0 Å². The minimum absolute atomic E-state index is 0. The Hall–Kier alpha value is 0.816. The summed E-state index contributed by atoms with van der Waals surface area (Å²) in [4.78, 5) is 0. The summed E-state index contributed by atoms with van der Waals surface area (Å²) in [5.74, 6) is 0. The van der Waals surface area contributed by atoms with Crippen molar-refractivity contribution in [3.8, 4) is 0 Å². The quantitative estimate of drug-likeness (QED) is 0.340. The molecule has 0 amide bonds. The summed E-state index contributed by atoms with van der Waals surface area (Å²) >= 11 is 0. The molecule has 0 saturated carbocycles. The van der Waals surface area contributed by atoms with Gasteiger partial charge in [0.1, 0.15) is 0 Å². The Bertz CT molecular complexity index is 209. The molecule has 1 nitrogen and oxygen atoms in total. The first-order valence-electron chi connectivity index (χ1n) is 4.12. The summed E-state index contributed by atoms with van der Waals surface area (Å²) in [6, 6.07) is 0. The van der Waals surface area contributed by atoms with E-state index >= 15 is 0 Å². The molecular weight excluding hydrogens is 187 g/mol. The molecule has 0 spiro atoms. The summed E-state index contributed by atoms with van der Waals surface area (Å²) in [6.45, 7) is 12.9. The van der Waals surface area contributed by atoms with Crippen LogP contribution in [0.25, 0.3) is 0 Å². The van der Waals surface area contributed by atoms with Gasteiger partial charge in [0.15, 0.2) is 0 Å². The Morgan fingerprint density at radius 3 is 2.31 bits per heavy atom. The summed E-state index contributed by atoms with van der Waals surface area (Å²) in [7, 11) is 0. The van der Waals surface area contributed by atoms with Crippen molar-refractivity contribution in [1.29, 1.82) is 0 Å². The second-order valence-electron chi connectivity index (χ2n) is 3.08. The van der Waals surface area contributed by atoms with Gasteiger partial charge in [-0.2, -0.15) is 6.42 Å². The van der Waals surface area contributed by atoms with Gasteiger partial charge in [-0.15, -0.1) is 0 Å². The van der Waals surface area contributed by atoms with E-state index < -0.39 is 0 Å². The van der Waals surface area contributed by atoms with Crippen molar-refractivity contribution >= 4 is 0 Å². The van der Waals surface area contributed by atoms with Crippen LogP contribution in [-0.2, 0) is 4.74 Å². The molecule has 2 heteroatoms. The van der Waals surface area contributed by atoms with Crippen molar-refractivity contribution in [2.45, 2.75) is 6.42 Å². The number of hydrogen-bond donors (Lipinski definition) is 0. The fourth-order valence-electron chi connectivity index (χ4n) is 1.39. The largest absolute Gasteiger partial charge is 1.00 e. The Labute approximate surface area is 123 Å². The predicted octanol–water partition coefficient (Wildman–Crippen LogP) is -0.470. The van der Waals surface area contributed by atoms with Gasteiger partial charge in [-0.3, -0.25) is 0 Å². The minimum atomic E-state index is 0. The normalized spacial score (nSPS) is 19.6. The van der Waals surface area contributed by atoms with E-state index in [0.29, 0.717) is 0 Å². The first-order chi connectivity index (χ1) is 5.79. The zero-order chi connectivity index (χ0) is 9.03. The van der Waals surface area contributed by atoms with Crippen LogP contribution in [0.1, 0.15) is 6.42 Å². The molecule has 1 heterocycles. The van der Waals surface area contributed by atoms with E-state index in [9.17, 15) is 0 Å². The molecule has 0 unspecified atom stereocenters. The van der Waals surface area contributed by atoms with Crippen LogP contribution in [0, 0.1) is 12.3 Å². The Balaban J connectivity index is 0.00000144. The van der Waals surface area contributed by atoms with Gasteiger partial charge in [-0.25, -0.2) is 0 Å². The summed E-state index contributed by atoms with van der Waals surface area (Å²) < 4.78 is 5.20. The predicted molar refractivity (Wildman–Crippen MR) is 51.7 cm³/mol. The number of allylic oxidation sites excluding steroid dienone is 3. The van der Waals surface area contributed by atoms with E-state index in [1.807, 2.05) is 12.2 Å². The maximum Gasteiger partial charge on any atom is 1.00 e. The molecule has 66 valence electrons. The van der Waals surface area contributed by atoms with E-state index in [-0.39, 0.29) is 56.8 Å². The minimum Gasteiger partial charge on any atom is -0.380 e. The third-order valence-electron chi connectivity index (χ3n) is 2.36. The number of hydrogen-bond acceptors (Lipinski definition) is 1. The Kier molecular flexibility index (Phi) is 6.73. The van der Waals surface area contributed by atoms with Gasteiger partial charge in [0.2, 0.25) is 0 Å². The average molecular weight is 202 g/mol. The van der Waals surface area contributed by atoms with Crippen LogP contribution in [0.3, 0.4) is 0 Å². The SMILES string of the molecule is C=C/C=C(\C=C)C1(C[CH2-])COC1.[K+]. The van der Waals surface area contributed by atoms with Crippen LogP contribution in [0.5, 0.6) is 0 Å². The Morgan fingerprint density at radius 2 is 2.08 bits per heavy atom. The molecule has 0 aromatic carbocycles. The van der Waals surface area contributed by atoms with Gasteiger partial charge < -0.3 is 11.7 Å². The molecule has 1 fully saturated rings. The third-order valence-corrected chi connectivity index (χ3v) is 2.36. The van der Waals surface area contributed by atoms with Crippen LogP contribution in [0.15, 0.2) is 37.0 Å². The number of rotatable bonds is 4. The second-order valence-corrected chi connectivity index (χ2v) is 3.08.